The monoisotopic (exact) mass is 287 g/mol. The van der Waals surface area contributed by atoms with Crippen LogP contribution in [0.5, 0.6) is 0 Å². The molecule has 0 fully saturated rings. The number of carbonyl (C=O) groups excluding carboxylic acids is 1. The fourth-order valence-corrected chi connectivity index (χ4v) is 2.31. The zero-order chi connectivity index (χ0) is 16.3. The zero-order valence-corrected chi connectivity index (χ0v) is 13.6. The van der Waals surface area contributed by atoms with Crippen LogP contribution >= 0.6 is 0 Å². The van der Waals surface area contributed by atoms with Gasteiger partial charge in [-0.15, -0.1) is 6.42 Å². The van der Waals surface area contributed by atoms with Crippen molar-refractivity contribution in [3.05, 3.63) is 35.4 Å². The van der Waals surface area contributed by atoms with Gasteiger partial charge in [-0.1, -0.05) is 38.8 Å². The van der Waals surface area contributed by atoms with Crippen molar-refractivity contribution in [1.82, 2.24) is 0 Å². The van der Waals surface area contributed by atoms with Gasteiger partial charge >= 0.3 is 5.97 Å². The van der Waals surface area contributed by atoms with Gasteiger partial charge in [0, 0.05) is 5.56 Å². The van der Waals surface area contributed by atoms with Crippen molar-refractivity contribution in [2.75, 3.05) is 0 Å². The summed E-state index contributed by atoms with van der Waals surface area (Å²) in [5.41, 5.74) is 6.66. The quantitative estimate of drug-likeness (QED) is 0.683. The largest absolute Gasteiger partial charge is 0.461 e. The average molecular weight is 287 g/mol. The Morgan fingerprint density at radius 1 is 1.29 bits per heavy atom. The van der Waals surface area contributed by atoms with Crippen LogP contribution in [0.3, 0.4) is 0 Å². The Morgan fingerprint density at radius 2 is 1.81 bits per heavy atom. The minimum absolute atomic E-state index is 0.116. The Bertz CT molecular complexity index is 532. The summed E-state index contributed by atoms with van der Waals surface area (Å²) in [6.07, 6.45) is 5.65. The Kier molecular flexibility index (Phi) is 5.20. The van der Waals surface area contributed by atoms with E-state index in [2.05, 4.69) is 5.92 Å². The third-order valence-electron chi connectivity index (χ3n) is 3.08. The van der Waals surface area contributed by atoms with E-state index >= 15 is 0 Å². The number of hydrogen-bond donors (Lipinski definition) is 1. The Hall–Kier alpha value is -1.79. The summed E-state index contributed by atoms with van der Waals surface area (Å²) in [7, 11) is 0. The third kappa shape index (κ3) is 4.61. The first-order valence-electron chi connectivity index (χ1n) is 7.15. The smallest absolute Gasteiger partial charge is 0.331 e. The summed E-state index contributed by atoms with van der Waals surface area (Å²) in [4.78, 5) is 12.5. The molecule has 0 spiro atoms. The standard InChI is InChI=1S/C18H25NO2/c1-7-14-8-10-15(11-9-14)18(19,12-17(4,5)6)16(20)21-13(2)3/h1,8-11,13H,12,19H2,2-6H3/t18-/m1/s1. The molecule has 0 saturated carbocycles. The molecule has 0 aliphatic rings. The zero-order valence-electron chi connectivity index (χ0n) is 13.6. The van der Waals surface area contributed by atoms with Gasteiger partial charge in [-0.3, -0.25) is 0 Å². The molecule has 0 unspecified atom stereocenters. The van der Waals surface area contributed by atoms with Gasteiger partial charge in [-0.25, -0.2) is 4.79 Å². The third-order valence-corrected chi connectivity index (χ3v) is 3.08. The first-order valence-corrected chi connectivity index (χ1v) is 7.15. The maximum Gasteiger partial charge on any atom is 0.331 e. The van der Waals surface area contributed by atoms with Crippen LogP contribution in [-0.2, 0) is 15.1 Å². The summed E-state index contributed by atoms with van der Waals surface area (Å²) < 4.78 is 5.37. The maximum absolute atomic E-state index is 12.5. The average Bonchev–Trinajstić information content (AvgIpc) is 2.36. The van der Waals surface area contributed by atoms with E-state index in [0.717, 1.165) is 11.1 Å². The molecule has 0 radical (unpaired) electrons. The van der Waals surface area contributed by atoms with Crippen molar-refractivity contribution in [2.24, 2.45) is 11.1 Å². The lowest BCUT2D eigenvalue weighted by atomic mass is 9.76. The molecule has 3 heteroatoms. The molecule has 0 aromatic heterocycles. The number of ether oxygens (including phenoxy) is 1. The van der Waals surface area contributed by atoms with Gasteiger partial charge in [-0.2, -0.15) is 0 Å². The first-order chi connectivity index (χ1) is 9.58. The molecule has 0 aliphatic heterocycles. The number of esters is 1. The molecule has 2 N–H and O–H groups in total. The number of carbonyl (C=O) groups is 1. The van der Waals surface area contributed by atoms with Gasteiger partial charge < -0.3 is 10.5 Å². The van der Waals surface area contributed by atoms with Crippen LogP contribution in [0.25, 0.3) is 0 Å². The molecule has 1 rings (SSSR count). The van der Waals surface area contributed by atoms with Crippen LogP contribution in [0.4, 0.5) is 0 Å². The number of rotatable bonds is 4. The van der Waals surface area contributed by atoms with E-state index in [-0.39, 0.29) is 11.5 Å². The minimum Gasteiger partial charge on any atom is -0.461 e. The van der Waals surface area contributed by atoms with E-state index in [1.165, 1.54) is 0 Å². The second-order valence-electron chi connectivity index (χ2n) is 6.88. The number of benzene rings is 1. The van der Waals surface area contributed by atoms with Crippen LogP contribution in [0.1, 0.15) is 52.2 Å². The molecule has 1 aromatic carbocycles. The van der Waals surface area contributed by atoms with Gasteiger partial charge in [0.1, 0.15) is 5.54 Å². The summed E-state index contributed by atoms with van der Waals surface area (Å²) in [6, 6.07) is 7.20. The summed E-state index contributed by atoms with van der Waals surface area (Å²) in [5, 5.41) is 0. The van der Waals surface area contributed by atoms with E-state index in [0.29, 0.717) is 6.42 Å². The normalized spacial score (nSPS) is 14.4. The highest BCUT2D eigenvalue weighted by atomic mass is 16.5. The number of nitrogens with two attached hydrogens (primary N) is 1. The van der Waals surface area contributed by atoms with Crippen LogP contribution in [0.2, 0.25) is 0 Å². The minimum atomic E-state index is -1.17. The van der Waals surface area contributed by atoms with Crippen molar-refractivity contribution in [1.29, 1.82) is 0 Å². The van der Waals surface area contributed by atoms with E-state index in [9.17, 15) is 4.79 Å². The summed E-state index contributed by atoms with van der Waals surface area (Å²) in [5.74, 6) is 2.16. The van der Waals surface area contributed by atoms with Gasteiger partial charge in [0.15, 0.2) is 0 Å². The predicted molar refractivity (Wildman–Crippen MR) is 85.5 cm³/mol. The van der Waals surface area contributed by atoms with Crippen molar-refractivity contribution in [3.8, 4) is 12.3 Å². The summed E-state index contributed by atoms with van der Waals surface area (Å²) in [6.45, 7) is 9.78. The highest BCUT2D eigenvalue weighted by Gasteiger charge is 2.41. The number of hydrogen-bond acceptors (Lipinski definition) is 3. The summed E-state index contributed by atoms with van der Waals surface area (Å²) >= 11 is 0. The van der Waals surface area contributed by atoms with Crippen LogP contribution < -0.4 is 5.73 Å². The fourth-order valence-electron chi connectivity index (χ4n) is 2.31. The molecule has 0 heterocycles. The van der Waals surface area contributed by atoms with E-state index in [1.807, 2.05) is 46.8 Å². The van der Waals surface area contributed by atoms with E-state index in [4.69, 9.17) is 16.9 Å². The Labute approximate surface area is 127 Å². The van der Waals surface area contributed by atoms with Crippen LogP contribution in [-0.4, -0.2) is 12.1 Å². The highest BCUT2D eigenvalue weighted by Crippen LogP contribution is 2.34. The van der Waals surface area contributed by atoms with E-state index < -0.39 is 11.5 Å². The molecule has 1 atom stereocenters. The van der Waals surface area contributed by atoms with Crippen molar-refractivity contribution in [3.63, 3.8) is 0 Å². The molecule has 114 valence electrons. The van der Waals surface area contributed by atoms with Gasteiger partial charge in [0.25, 0.3) is 0 Å². The van der Waals surface area contributed by atoms with Crippen molar-refractivity contribution >= 4 is 5.97 Å². The van der Waals surface area contributed by atoms with Crippen molar-refractivity contribution in [2.45, 2.75) is 52.7 Å². The number of terminal acetylenes is 1. The second-order valence-corrected chi connectivity index (χ2v) is 6.88. The molecule has 0 saturated heterocycles. The topological polar surface area (TPSA) is 52.3 Å². The fraction of sp³-hybridized carbons (Fsp3) is 0.500. The molecule has 0 amide bonds. The molecular weight excluding hydrogens is 262 g/mol. The molecule has 21 heavy (non-hydrogen) atoms. The second kappa shape index (κ2) is 6.32. The lowest BCUT2D eigenvalue weighted by Crippen LogP contribution is -2.49. The molecule has 3 nitrogen and oxygen atoms in total. The molecule has 0 aliphatic carbocycles. The first kappa shape index (κ1) is 17.3. The molecule has 1 aromatic rings. The Balaban J connectivity index is 3.23. The van der Waals surface area contributed by atoms with Gasteiger partial charge in [0.2, 0.25) is 0 Å². The van der Waals surface area contributed by atoms with E-state index in [1.54, 1.807) is 12.1 Å². The lowest BCUT2D eigenvalue weighted by Gasteiger charge is -2.34. The van der Waals surface area contributed by atoms with Gasteiger partial charge in [-0.05, 0) is 43.4 Å². The van der Waals surface area contributed by atoms with Crippen LogP contribution in [0.15, 0.2) is 24.3 Å². The Morgan fingerprint density at radius 3 is 2.19 bits per heavy atom. The molecule has 0 bridgehead atoms. The predicted octanol–water partition coefficient (Wildman–Crippen LogP) is 3.21. The lowest BCUT2D eigenvalue weighted by molar-refractivity contribution is -0.156. The van der Waals surface area contributed by atoms with Crippen molar-refractivity contribution < 1.29 is 9.53 Å². The highest BCUT2D eigenvalue weighted by molar-refractivity contribution is 5.82. The maximum atomic E-state index is 12.5. The van der Waals surface area contributed by atoms with Gasteiger partial charge in [0.05, 0.1) is 6.10 Å². The van der Waals surface area contributed by atoms with Crippen LogP contribution in [0, 0.1) is 17.8 Å². The molecular formula is C18H25NO2. The SMILES string of the molecule is C#Cc1ccc([C@](N)(CC(C)(C)C)C(=O)OC(C)C)cc1.